The van der Waals surface area contributed by atoms with E-state index in [1.54, 1.807) is 16.9 Å². The molecule has 2 amide bonds. The summed E-state index contributed by atoms with van der Waals surface area (Å²) < 4.78 is 10.5. The first kappa shape index (κ1) is 15.8. The van der Waals surface area contributed by atoms with Crippen LogP contribution in [-0.4, -0.2) is 56.2 Å². The van der Waals surface area contributed by atoms with E-state index >= 15 is 0 Å². The minimum Gasteiger partial charge on any atom is -0.497 e. The lowest BCUT2D eigenvalue weighted by atomic mass is 10.0. The van der Waals surface area contributed by atoms with Crippen LogP contribution in [0.5, 0.6) is 5.75 Å². The number of nitrogens with zero attached hydrogens (tertiary/aromatic N) is 2. The fourth-order valence-electron chi connectivity index (χ4n) is 3.26. The molecule has 0 spiro atoms. The highest BCUT2D eigenvalue weighted by atomic mass is 16.5. The van der Waals surface area contributed by atoms with E-state index < -0.39 is 0 Å². The van der Waals surface area contributed by atoms with Crippen molar-refractivity contribution in [2.45, 2.75) is 19.4 Å². The normalized spacial score (nSPS) is 24.9. The lowest BCUT2D eigenvalue weighted by Crippen LogP contribution is -2.58. The highest BCUT2D eigenvalue weighted by molar-refractivity contribution is 5.99. The van der Waals surface area contributed by atoms with Crippen LogP contribution in [0.4, 0.5) is 5.69 Å². The van der Waals surface area contributed by atoms with Gasteiger partial charge in [0.05, 0.1) is 25.7 Å². The number of rotatable bonds is 3. The predicted octanol–water partition coefficient (Wildman–Crippen LogP) is 1.30. The van der Waals surface area contributed by atoms with Gasteiger partial charge in [-0.05, 0) is 25.5 Å². The van der Waals surface area contributed by atoms with E-state index in [1.807, 2.05) is 31.2 Å². The molecule has 2 saturated heterocycles. The molecule has 0 aromatic heterocycles. The van der Waals surface area contributed by atoms with Gasteiger partial charge in [-0.3, -0.25) is 9.59 Å². The van der Waals surface area contributed by atoms with Crippen LogP contribution in [0.2, 0.25) is 0 Å². The number of anilines is 1. The van der Waals surface area contributed by atoms with E-state index in [9.17, 15) is 9.59 Å². The smallest absolute Gasteiger partial charge is 0.246 e. The van der Waals surface area contributed by atoms with Crippen LogP contribution in [0, 0.1) is 5.92 Å². The Hall–Kier alpha value is -2.08. The quantitative estimate of drug-likeness (QED) is 0.843. The van der Waals surface area contributed by atoms with Gasteiger partial charge in [-0.2, -0.15) is 0 Å². The molecule has 2 atom stereocenters. The lowest BCUT2D eigenvalue weighted by Gasteiger charge is -2.40. The largest absolute Gasteiger partial charge is 0.497 e. The Balaban J connectivity index is 1.74. The molecule has 0 saturated carbocycles. The van der Waals surface area contributed by atoms with Crippen LogP contribution in [-0.2, 0) is 14.3 Å². The van der Waals surface area contributed by atoms with Gasteiger partial charge in [-0.25, -0.2) is 0 Å². The van der Waals surface area contributed by atoms with E-state index in [0.717, 1.165) is 12.1 Å². The zero-order valence-corrected chi connectivity index (χ0v) is 13.5. The summed E-state index contributed by atoms with van der Waals surface area (Å²) in [5.74, 6) is 0.583. The average Bonchev–Trinajstić information content (AvgIpc) is 3.08. The van der Waals surface area contributed by atoms with Crippen LogP contribution in [0.25, 0.3) is 0 Å². The number of methoxy groups -OCH3 is 1. The second-order valence-electron chi connectivity index (χ2n) is 6.09. The summed E-state index contributed by atoms with van der Waals surface area (Å²) in [7, 11) is 1.60. The SMILES string of the molecule is COc1cccc(N2C(=O)CN(C(=O)[C@@H]3CCOC3)C[C@@H]2C)c1. The van der Waals surface area contributed by atoms with Crippen molar-refractivity contribution in [3.8, 4) is 5.75 Å². The molecule has 2 heterocycles. The number of piperazine rings is 1. The molecule has 2 fully saturated rings. The Morgan fingerprint density at radius 2 is 2.22 bits per heavy atom. The van der Waals surface area contributed by atoms with E-state index in [4.69, 9.17) is 9.47 Å². The zero-order valence-electron chi connectivity index (χ0n) is 13.5. The standard InChI is InChI=1S/C17H22N2O4/c1-12-9-18(17(21)13-6-7-23-11-13)10-16(20)19(12)14-4-3-5-15(8-14)22-2/h3-5,8,12-13H,6-7,9-11H2,1-2H3/t12-,13+/m0/s1. The van der Waals surface area contributed by atoms with Crippen molar-refractivity contribution in [3.05, 3.63) is 24.3 Å². The van der Waals surface area contributed by atoms with Gasteiger partial charge in [0.2, 0.25) is 11.8 Å². The summed E-state index contributed by atoms with van der Waals surface area (Å²) >= 11 is 0. The molecule has 6 heteroatoms. The summed E-state index contributed by atoms with van der Waals surface area (Å²) in [5.41, 5.74) is 0.804. The summed E-state index contributed by atoms with van der Waals surface area (Å²) in [6.07, 6.45) is 0.748. The third-order valence-corrected chi connectivity index (χ3v) is 4.44. The summed E-state index contributed by atoms with van der Waals surface area (Å²) in [6.45, 7) is 3.72. The van der Waals surface area contributed by atoms with Crippen molar-refractivity contribution in [2.24, 2.45) is 5.92 Å². The first-order valence-corrected chi connectivity index (χ1v) is 7.93. The van der Waals surface area contributed by atoms with Gasteiger partial charge < -0.3 is 19.3 Å². The second-order valence-corrected chi connectivity index (χ2v) is 6.09. The predicted molar refractivity (Wildman–Crippen MR) is 85.4 cm³/mol. The number of hydrogen-bond acceptors (Lipinski definition) is 4. The molecule has 3 rings (SSSR count). The van der Waals surface area contributed by atoms with Gasteiger partial charge in [0.25, 0.3) is 0 Å². The van der Waals surface area contributed by atoms with Crippen molar-refractivity contribution in [2.75, 3.05) is 38.3 Å². The minimum absolute atomic E-state index is 0.0352. The highest BCUT2D eigenvalue weighted by Crippen LogP contribution is 2.26. The second kappa shape index (κ2) is 6.58. The average molecular weight is 318 g/mol. The number of amides is 2. The lowest BCUT2D eigenvalue weighted by molar-refractivity contribution is -0.141. The third kappa shape index (κ3) is 3.17. The molecule has 6 nitrogen and oxygen atoms in total. The highest BCUT2D eigenvalue weighted by Gasteiger charge is 2.36. The number of hydrogen-bond donors (Lipinski definition) is 0. The molecular formula is C17H22N2O4. The van der Waals surface area contributed by atoms with Gasteiger partial charge in [0, 0.05) is 24.9 Å². The first-order valence-electron chi connectivity index (χ1n) is 7.93. The summed E-state index contributed by atoms with van der Waals surface area (Å²) in [4.78, 5) is 28.5. The van der Waals surface area contributed by atoms with E-state index in [0.29, 0.717) is 25.5 Å². The molecule has 2 aliphatic heterocycles. The molecule has 0 unspecified atom stereocenters. The fraction of sp³-hybridized carbons (Fsp3) is 0.529. The van der Waals surface area contributed by atoms with E-state index in [2.05, 4.69) is 0 Å². The Morgan fingerprint density at radius 1 is 1.39 bits per heavy atom. The molecule has 1 aromatic rings. The Bertz CT molecular complexity index is 598. The number of carbonyl (C=O) groups is 2. The van der Waals surface area contributed by atoms with Crippen molar-refractivity contribution in [1.29, 1.82) is 0 Å². The van der Waals surface area contributed by atoms with Crippen LogP contribution < -0.4 is 9.64 Å². The molecule has 2 aliphatic rings. The monoisotopic (exact) mass is 318 g/mol. The van der Waals surface area contributed by atoms with Crippen LogP contribution in [0.15, 0.2) is 24.3 Å². The molecule has 23 heavy (non-hydrogen) atoms. The van der Waals surface area contributed by atoms with Gasteiger partial charge in [0.1, 0.15) is 12.3 Å². The van der Waals surface area contributed by atoms with Crippen LogP contribution >= 0.6 is 0 Å². The first-order chi connectivity index (χ1) is 11.1. The molecule has 0 radical (unpaired) electrons. The van der Waals surface area contributed by atoms with Crippen LogP contribution in [0.3, 0.4) is 0 Å². The number of ether oxygens (including phenoxy) is 2. The van der Waals surface area contributed by atoms with E-state index in [1.165, 1.54) is 0 Å². The van der Waals surface area contributed by atoms with Gasteiger partial charge in [0.15, 0.2) is 0 Å². The Morgan fingerprint density at radius 3 is 2.87 bits per heavy atom. The number of carbonyl (C=O) groups excluding carboxylic acids is 2. The summed E-state index contributed by atoms with van der Waals surface area (Å²) in [5, 5.41) is 0. The van der Waals surface area contributed by atoms with Crippen LogP contribution in [0.1, 0.15) is 13.3 Å². The minimum atomic E-state index is -0.0987. The number of benzene rings is 1. The zero-order chi connectivity index (χ0) is 16.4. The molecular weight excluding hydrogens is 296 g/mol. The molecule has 0 aliphatic carbocycles. The topological polar surface area (TPSA) is 59.1 Å². The Labute approximate surface area is 136 Å². The maximum absolute atomic E-state index is 12.6. The molecule has 124 valence electrons. The van der Waals surface area contributed by atoms with Gasteiger partial charge in [-0.15, -0.1) is 0 Å². The van der Waals surface area contributed by atoms with Gasteiger partial charge in [-0.1, -0.05) is 6.07 Å². The third-order valence-electron chi connectivity index (χ3n) is 4.44. The van der Waals surface area contributed by atoms with Gasteiger partial charge >= 0.3 is 0 Å². The van der Waals surface area contributed by atoms with Crippen molar-refractivity contribution >= 4 is 17.5 Å². The van der Waals surface area contributed by atoms with Crippen molar-refractivity contribution in [1.82, 2.24) is 4.90 Å². The maximum Gasteiger partial charge on any atom is 0.246 e. The maximum atomic E-state index is 12.6. The molecule has 1 aromatic carbocycles. The molecule has 0 N–H and O–H groups in total. The molecule has 0 bridgehead atoms. The summed E-state index contributed by atoms with van der Waals surface area (Å²) in [6, 6.07) is 7.37. The van der Waals surface area contributed by atoms with E-state index in [-0.39, 0.29) is 30.3 Å². The Kier molecular flexibility index (Phi) is 4.52. The van der Waals surface area contributed by atoms with Crippen molar-refractivity contribution in [3.63, 3.8) is 0 Å². The van der Waals surface area contributed by atoms with Crippen molar-refractivity contribution < 1.29 is 19.1 Å². The fourth-order valence-corrected chi connectivity index (χ4v) is 3.26.